The molecule has 0 fully saturated rings. The van der Waals surface area contributed by atoms with E-state index in [1.54, 1.807) is 0 Å². The van der Waals surface area contributed by atoms with E-state index in [4.69, 9.17) is 9.90 Å². The highest BCUT2D eigenvalue weighted by molar-refractivity contribution is 5.34. The fourth-order valence-corrected chi connectivity index (χ4v) is 0.574. The monoisotopic (exact) mass is 169 g/mol. The molecule has 5 nitrogen and oxygen atoms in total. The zero-order chi connectivity index (χ0) is 9.56. The maximum atomic E-state index is 10.0. The Morgan fingerprint density at radius 1 is 1.25 bits per heavy atom. The molecule has 0 aromatic heterocycles. The zero-order valence-electron chi connectivity index (χ0n) is 6.14. The van der Waals surface area contributed by atoms with Crippen LogP contribution < -0.4 is 0 Å². The van der Waals surface area contributed by atoms with Gasteiger partial charge in [0, 0.05) is 12.1 Å². The second kappa shape index (κ2) is 4.84. The lowest BCUT2D eigenvalue weighted by molar-refractivity contribution is -0.384. The van der Waals surface area contributed by atoms with Crippen molar-refractivity contribution in [3.8, 4) is 5.75 Å². The first-order valence-electron chi connectivity index (χ1n) is 2.92. The van der Waals surface area contributed by atoms with Crippen LogP contribution in [-0.4, -0.2) is 16.8 Å². The van der Waals surface area contributed by atoms with Crippen LogP contribution in [0.3, 0.4) is 0 Å². The van der Waals surface area contributed by atoms with Crippen LogP contribution in [0.5, 0.6) is 5.75 Å². The molecular weight excluding hydrogens is 162 g/mol. The van der Waals surface area contributed by atoms with Gasteiger partial charge in [0.1, 0.15) is 12.5 Å². The summed E-state index contributed by atoms with van der Waals surface area (Å²) in [5.74, 6) is 0.0330. The molecule has 5 heteroatoms. The van der Waals surface area contributed by atoms with Gasteiger partial charge in [-0.25, -0.2) is 0 Å². The fraction of sp³-hybridized carbons (Fsp3) is 0. The third kappa shape index (κ3) is 2.78. The smallest absolute Gasteiger partial charge is 0.269 e. The molecule has 64 valence electrons. The van der Waals surface area contributed by atoms with Crippen LogP contribution in [0.1, 0.15) is 0 Å². The Hall–Kier alpha value is -1.91. The summed E-state index contributed by atoms with van der Waals surface area (Å²) in [6.07, 6.45) is 0. The number of nitro benzene ring substituents is 1. The van der Waals surface area contributed by atoms with Gasteiger partial charge in [0.05, 0.1) is 4.92 Å². The number of nitro groups is 1. The lowest BCUT2D eigenvalue weighted by Crippen LogP contribution is -1.85. The number of aromatic hydroxyl groups is 1. The summed E-state index contributed by atoms with van der Waals surface area (Å²) >= 11 is 0. The molecule has 0 radical (unpaired) electrons. The molecule has 0 unspecified atom stereocenters. The summed E-state index contributed by atoms with van der Waals surface area (Å²) < 4.78 is 0. The average molecular weight is 169 g/mol. The molecule has 1 N–H and O–H groups in total. The average Bonchev–Trinajstić information content (AvgIpc) is 2.09. The first-order valence-corrected chi connectivity index (χ1v) is 2.92. The number of carbonyl (C=O) groups excluding carboxylic acids is 1. The second-order valence-corrected chi connectivity index (χ2v) is 1.77. The van der Waals surface area contributed by atoms with Gasteiger partial charge in [-0.1, -0.05) is 0 Å². The van der Waals surface area contributed by atoms with Crippen LogP contribution >= 0.6 is 0 Å². The third-order valence-corrected chi connectivity index (χ3v) is 1.06. The largest absolute Gasteiger partial charge is 0.508 e. The number of non-ortho nitro benzene ring substituents is 1. The number of nitrogens with zero attached hydrogens (tertiary/aromatic N) is 1. The molecule has 0 heterocycles. The van der Waals surface area contributed by atoms with Crippen molar-refractivity contribution in [2.24, 2.45) is 0 Å². The number of benzene rings is 1. The van der Waals surface area contributed by atoms with Crippen LogP contribution in [0, 0.1) is 10.1 Å². The van der Waals surface area contributed by atoms with Crippen LogP contribution in [0.2, 0.25) is 0 Å². The highest BCUT2D eigenvalue weighted by Gasteiger charge is 2.01. The molecule has 0 amide bonds. The summed E-state index contributed by atoms with van der Waals surface area (Å²) in [6.45, 7) is 2.00. The minimum atomic E-state index is -0.514. The van der Waals surface area contributed by atoms with Gasteiger partial charge in [0.15, 0.2) is 0 Å². The number of hydrogen-bond acceptors (Lipinski definition) is 4. The van der Waals surface area contributed by atoms with Gasteiger partial charge in [-0.2, -0.15) is 0 Å². The summed E-state index contributed by atoms with van der Waals surface area (Å²) in [5, 5.41) is 18.8. The van der Waals surface area contributed by atoms with E-state index in [0.717, 1.165) is 0 Å². The number of phenolic OH excluding ortho intramolecular Hbond substituents is 1. The maximum absolute atomic E-state index is 10.0. The van der Waals surface area contributed by atoms with E-state index in [1.165, 1.54) is 24.3 Å². The van der Waals surface area contributed by atoms with Crippen LogP contribution in [0.15, 0.2) is 24.3 Å². The van der Waals surface area contributed by atoms with Crippen LogP contribution in [0.25, 0.3) is 0 Å². The van der Waals surface area contributed by atoms with Gasteiger partial charge >= 0.3 is 0 Å². The Morgan fingerprint density at radius 2 is 1.67 bits per heavy atom. The van der Waals surface area contributed by atoms with Gasteiger partial charge in [-0.15, -0.1) is 0 Å². The summed E-state index contributed by atoms with van der Waals surface area (Å²) in [5.41, 5.74) is -0.0159. The topological polar surface area (TPSA) is 80.4 Å². The number of hydrogen-bond donors (Lipinski definition) is 1. The lowest BCUT2D eigenvalue weighted by atomic mass is 10.3. The van der Waals surface area contributed by atoms with E-state index in [0.29, 0.717) is 0 Å². The van der Waals surface area contributed by atoms with Crippen LogP contribution in [0.4, 0.5) is 5.69 Å². The van der Waals surface area contributed by atoms with Gasteiger partial charge in [-0.3, -0.25) is 10.1 Å². The van der Waals surface area contributed by atoms with Crippen LogP contribution in [-0.2, 0) is 4.79 Å². The van der Waals surface area contributed by atoms with Crippen molar-refractivity contribution in [2.75, 3.05) is 0 Å². The standard InChI is InChI=1S/C6H5NO3.CH2O/c8-6-3-1-5(2-4-6)7(9)10;1-2/h1-4,8H;1H2. The predicted octanol–water partition coefficient (Wildman–Crippen LogP) is 1.12. The van der Waals surface area contributed by atoms with E-state index >= 15 is 0 Å². The molecule has 0 atom stereocenters. The summed E-state index contributed by atoms with van der Waals surface area (Å²) in [6, 6.07) is 5.04. The van der Waals surface area contributed by atoms with E-state index in [9.17, 15) is 10.1 Å². The second-order valence-electron chi connectivity index (χ2n) is 1.77. The van der Waals surface area contributed by atoms with Gasteiger partial charge < -0.3 is 9.90 Å². The molecule has 0 aliphatic heterocycles. The predicted molar refractivity (Wildman–Crippen MR) is 41.9 cm³/mol. The Morgan fingerprint density at radius 3 is 2.00 bits per heavy atom. The Balaban J connectivity index is 0.000000561. The molecule has 1 aromatic rings. The quantitative estimate of drug-likeness (QED) is 0.504. The van der Waals surface area contributed by atoms with E-state index in [-0.39, 0.29) is 11.4 Å². The van der Waals surface area contributed by atoms with Crippen molar-refractivity contribution in [1.29, 1.82) is 0 Å². The van der Waals surface area contributed by atoms with E-state index in [2.05, 4.69) is 0 Å². The summed E-state index contributed by atoms with van der Waals surface area (Å²) in [4.78, 5) is 17.5. The van der Waals surface area contributed by atoms with Crippen molar-refractivity contribution >= 4 is 12.5 Å². The van der Waals surface area contributed by atoms with Crippen molar-refractivity contribution in [3.05, 3.63) is 34.4 Å². The molecule has 1 aromatic carbocycles. The Bertz CT molecular complexity index is 257. The Labute approximate surface area is 68.4 Å². The molecule has 12 heavy (non-hydrogen) atoms. The number of rotatable bonds is 1. The number of phenols is 1. The van der Waals surface area contributed by atoms with E-state index in [1.807, 2.05) is 6.79 Å². The molecular formula is C7H7NO4. The van der Waals surface area contributed by atoms with Gasteiger partial charge in [-0.05, 0) is 12.1 Å². The van der Waals surface area contributed by atoms with Gasteiger partial charge in [0.2, 0.25) is 0 Å². The highest BCUT2D eigenvalue weighted by Crippen LogP contribution is 2.14. The third-order valence-electron chi connectivity index (χ3n) is 1.06. The Kier molecular flexibility index (Phi) is 4.07. The molecule has 0 aliphatic carbocycles. The molecule has 0 bridgehead atoms. The van der Waals surface area contributed by atoms with Gasteiger partial charge in [0.25, 0.3) is 5.69 Å². The lowest BCUT2D eigenvalue weighted by Gasteiger charge is -1.89. The van der Waals surface area contributed by atoms with Crippen molar-refractivity contribution in [1.82, 2.24) is 0 Å². The minimum absolute atomic E-state index is 0.0159. The molecule has 1 rings (SSSR count). The highest BCUT2D eigenvalue weighted by atomic mass is 16.6. The minimum Gasteiger partial charge on any atom is -0.508 e. The van der Waals surface area contributed by atoms with Crippen molar-refractivity contribution < 1.29 is 14.8 Å². The van der Waals surface area contributed by atoms with Crippen molar-refractivity contribution in [2.45, 2.75) is 0 Å². The molecule has 0 spiro atoms. The SMILES string of the molecule is C=O.O=[N+]([O-])c1ccc(O)cc1. The molecule has 0 aliphatic rings. The van der Waals surface area contributed by atoms with Crippen molar-refractivity contribution in [3.63, 3.8) is 0 Å². The van der Waals surface area contributed by atoms with E-state index < -0.39 is 4.92 Å². The first kappa shape index (κ1) is 10.1. The maximum Gasteiger partial charge on any atom is 0.269 e. The molecule has 0 saturated heterocycles. The zero-order valence-corrected chi connectivity index (χ0v) is 6.14. The summed E-state index contributed by atoms with van der Waals surface area (Å²) in [7, 11) is 0. The fourth-order valence-electron chi connectivity index (χ4n) is 0.574. The number of carbonyl (C=O) groups is 1. The first-order chi connectivity index (χ1) is 5.70. The molecule has 0 saturated carbocycles. The normalized spacial score (nSPS) is 8.00.